The zero-order valence-corrected chi connectivity index (χ0v) is 14.2. The topological polar surface area (TPSA) is 80.2 Å². The molecule has 0 radical (unpaired) electrons. The van der Waals surface area contributed by atoms with E-state index in [1.807, 2.05) is 37.3 Å². The van der Waals surface area contributed by atoms with Crippen LogP contribution >= 0.6 is 0 Å². The first-order valence-electron chi connectivity index (χ1n) is 7.28. The van der Waals surface area contributed by atoms with Gasteiger partial charge in [0.05, 0.1) is 0 Å². The molecule has 124 valence electrons. The standard InChI is InChI=1S/C16H21N3O3S/c1-12(13-7-5-4-6-8-13)10-18-16(20)15-9-14(11-19(15)3)23(21,22)17-2/h4-9,11-12,17H,10H2,1-3H3,(H,18,20)/t12-/m1/s1. The molecule has 6 nitrogen and oxygen atoms in total. The van der Waals surface area contributed by atoms with Gasteiger partial charge in [0, 0.05) is 19.8 Å². The minimum atomic E-state index is -3.56. The van der Waals surface area contributed by atoms with Gasteiger partial charge in [-0.3, -0.25) is 4.79 Å². The van der Waals surface area contributed by atoms with Crippen molar-refractivity contribution in [3.05, 3.63) is 53.9 Å². The highest BCUT2D eigenvalue weighted by atomic mass is 32.2. The number of aromatic nitrogens is 1. The van der Waals surface area contributed by atoms with Gasteiger partial charge in [-0.05, 0) is 24.6 Å². The van der Waals surface area contributed by atoms with Crippen molar-refractivity contribution in [1.82, 2.24) is 14.6 Å². The number of carbonyl (C=O) groups excluding carboxylic acids is 1. The number of rotatable bonds is 6. The van der Waals surface area contributed by atoms with Gasteiger partial charge in [0.15, 0.2) is 0 Å². The van der Waals surface area contributed by atoms with Crippen molar-refractivity contribution in [2.75, 3.05) is 13.6 Å². The third kappa shape index (κ3) is 4.00. The van der Waals surface area contributed by atoms with Crippen molar-refractivity contribution >= 4 is 15.9 Å². The van der Waals surface area contributed by atoms with Crippen LogP contribution in [0.2, 0.25) is 0 Å². The Kier molecular flexibility index (Phi) is 5.23. The molecule has 1 amide bonds. The summed E-state index contributed by atoms with van der Waals surface area (Å²) in [5, 5.41) is 2.85. The average Bonchev–Trinajstić information content (AvgIpc) is 2.96. The van der Waals surface area contributed by atoms with Gasteiger partial charge in [0.2, 0.25) is 10.0 Å². The van der Waals surface area contributed by atoms with Crippen LogP contribution < -0.4 is 10.0 Å². The number of amides is 1. The normalized spacial score (nSPS) is 12.8. The average molecular weight is 335 g/mol. The van der Waals surface area contributed by atoms with Gasteiger partial charge in [-0.2, -0.15) is 0 Å². The molecule has 0 aliphatic carbocycles. The van der Waals surface area contributed by atoms with Crippen molar-refractivity contribution in [3.8, 4) is 0 Å². The molecule has 0 saturated carbocycles. The summed E-state index contributed by atoms with van der Waals surface area (Å²) in [7, 11) is -0.578. The summed E-state index contributed by atoms with van der Waals surface area (Å²) >= 11 is 0. The zero-order chi connectivity index (χ0) is 17.0. The molecule has 0 unspecified atom stereocenters. The van der Waals surface area contributed by atoms with Crippen molar-refractivity contribution < 1.29 is 13.2 Å². The second-order valence-electron chi connectivity index (χ2n) is 5.40. The number of benzene rings is 1. The van der Waals surface area contributed by atoms with Crippen molar-refractivity contribution in [2.24, 2.45) is 7.05 Å². The van der Waals surface area contributed by atoms with E-state index in [-0.39, 0.29) is 16.7 Å². The van der Waals surface area contributed by atoms with Gasteiger partial charge in [-0.15, -0.1) is 0 Å². The highest BCUT2D eigenvalue weighted by Gasteiger charge is 2.19. The Balaban J connectivity index is 2.07. The Bertz CT molecular complexity index is 782. The van der Waals surface area contributed by atoms with E-state index in [0.29, 0.717) is 12.2 Å². The molecule has 0 bridgehead atoms. The molecule has 0 aliphatic heterocycles. The lowest BCUT2D eigenvalue weighted by molar-refractivity contribution is 0.0943. The number of nitrogens with one attached hydrogen (secondary N) is 2. The van der Waals surface area contributed by atoms with Crippen LogP contribution in [0.5, 0.6) is 0 Å². The van der Waals surface area contributed by atoms with Crippen LogP contribution in [-0.2, 0) is 17.1 Å². The van der Waals surface area contributed by atoms with E-state index in [4.69, 9.17) is 0 Å². The van der Waals surface area contributed by atoms with Gasteiger partial charge in [0.25, 0.3) is 5.91 Å². The smallest absolute Gasteiger partial charge is 0.267 e. The van der Waals surface area contributed by atoms with Crippen molar-refractivity contribution in [3.63, 3.8) is 0 Å². The molecular weight excluding hydrogens is 314 g/mol. The maximum Gasteiger partial charge on any atom is 0.267 e. The van der Waals surface area contributed by atoms with E-state index in [2.05, 4.69) is 10.0 Å². The van der Waals surface area contributed by atoms with Gasteiger partial charge in [-0.1, -0.05) is 37.3 Å². The van der Waals surface area contributed by atoms with Gasteiger partial charge in [-0.25, -0.2) is 13.1 Å². The molecule has 0 spiro atoms. The summed E-state index contributed by atoms with van der Waals surface area (Å²) in [6, 6.07) is 11.3. The molecule has 1 aromatic heterocycles. The van der Waals surface area contributed by atoms with Crippen LogP contribution in [0.25, 0.3) is 0 Å². The maximum atomic E-state index is 12.3. The van der Waals surface area contributed by atoms with Crippen LogP contribution in [-0.4, -0.2) is 32.5 Å². The number of hydrogen-bond donors (Lipinski definition) is 2. The van der Waals surface area contributed by atoms with Crippen molar-refractivity contribution in [2.45, 2.75) is 17.7 Å². The highest BCUT2D eigenvalue weighted by Crippen LogP contribution is 2.15. The van der Waals surface area contributed by atoms with Crippen LogP contribution in [0.4, 0.5) is 0 Å². The second kappa shape index (κ2) is 6.97. The Morgan fingerprint density at radius 2 is 1.91 bits per heavy atom. The lowest BCUT2D eigenvalue weighted by atomic mass is 10.0. The summed E-state index contributed by atoms with van der Waals surface area (Å²) in [5.74, 6) is -0.131. The lowest BCUT2D eigenvalue weighted by Gasteiger charge is -2.13. The largest absolute Gasteiger partial charge is 0.350 e. The van der Waals surface area contributed by atoms with E-state index in [1.54, 1.807) is 7.05 Å². The van der Waals surface area contributed by atoms with Gasteiger partial charge < -0.3 is 9.88 Å². The lowest BCUT2D eigenvalue weighted by Crippen LogP contribution is -2.28. The fourth-order valence-electron chi connectivity index (χ4n) is 2.26. The van der Waals surface area contributed by atoms with E-state index < -0.39 is 10.0 Å². The Morgan fingerprint density at radius 3 is 2.52 bits per heavy atom. The minimum Gasteiger partial charge on any atom is -0.350 e. The summed E-state index contributed by atoms with van der Waals surface area (Å²) < 4.78 is 27.3. The quantitative estimate of drug-likeness (QED) is 0.839. The SMILES string of the molecule is CNS(=O)(=O)c1cc(C(=O)NC[C@@H](C)c2ccccc2)n(C)c1. The molecule has 23 heavy (non-hydrogen) atoms. The van der Waals surface area contributed by atoms with Gasteiger partial charge >= 0.3 is 0 Å². The third-order valence-electron chi connectivity index (χ3n) is 3.73. The molecule has 2 rings (SSSR count). The molecule has 7 heteroatoms. The molecule has 1 aromatic carbocycles. The Labute approximate surface area is 136 Å². The predicted octanol–water partition coefficient (Wildman–Crippen LogP) is 1.47. The third-order valence-corrected chi connectivity index (χ3v) is 5.11. The Hall–Kier alpha value is -2.12. The summed E-state index contributed by atoms with van der Waals surface area (Å²) in [4.78, 5) is 12.4. The fraction of sp³-hybridized carbons (Fsp3) is 0.312. The number of sulfonamides is 1. The maximum absolute atomic E-state index is 12.3. The first-order valence-corrected chi connectivity index (χ1v) is 8.76. The molecule has 2 aromatic rings. The second-order valence-corrected chi connectivity index (χ2v) is 7.29. The summed E-state index contributed by atoms with van der Waals surface area (Å²) in [6.07, 6.45) is 1.42. The molecular formula is C16H21N3O3S. The molecule has 2 N–H and O–H groups in total. The molecule has 1 heterocycles. The van der Waals surface area contributed by atoms with Gasteiger partial charge in [0.1, 0.15) is 10.6 Å². The number of hydrogen-bond acceptors (Lipinski definition) is 3. The van der Waals surface area contributed by atoms with E-state index in [9.17, 15) is 13.2 Å². The summed E-state index contributed by atoms with van der Waals surface area (Å²) in [6.45, 7) is 2.50. The van der Waals surface area contributed by atoms with E-state index in [0.717, 1.165) is 5.56 Å². The highest BCUT2D eigenvalue weighted by molar-refractivity contribution is 7.89. The molecule has 0 saturated heterocycles. The monoisotopic (exact) mass is 335 g/mol. The predicted molar refractivity (Wildman–Crippen MR) is 88.8 cm³/mol. The minimum absolute atomic E-state index is 0.0729. The number of aryl methyl sites for hydroxylation is 1. The summed E-state index contributed by atoms with van der Waals surface area (Å²) in [5.41, 5.74) is 1.44. The first kappa shape index (κ1) is 17.2. The molecule has 0 aliphatic rings. The Morgan fingerprint density at radius 1 is 1.26 bits per heavy atom. The molecule has 1 atom stereocenters. The molecule has 0 fully saturated rings. The number of nitrogens with zero attached hydrogens (tertiary/aromatic N) is 1. The van der Waals surface area contributed by atoms with E-state index >= 15 is 0 Å². The van der Waals surface area contributed by atoms with Crippen LogP contribution in [0.3, 0.4) is 0 Å². The fourth-order valence-corrected chi connectivity index (χ4v) is 3.06. The van der Waals surface area contributed by atoms with Crippen LogP contribution in [0, 0.1) is 0 Å². The van der Waals surface area contributed by atoms with Crippen LogP contribution in [0.1, 0.15) is 28.9 Å². The van der Waals surface area contributed by atoms with Crippen LogP contribution in [0.15, 0.2) is 47.5 Å². The number of carbonyl (C=O) groups is 1. The zero-order valence-electron chi connectivity index (χ0n) is 13.4. The van der Waals surface area contributed by atoms with Crippen molar-refractivity contribution in [1.29, 1.82) is 0 Å². The van der Waals surface area contributed by atoms with E-state index in [1.165, 1.54) is 23.9 Å². The first-order chi connectivity index (χ1) is 10.8.